The lowest BCUT2D eigenvalue weighted by molar-refractivity contribution is 0.584. The summed E-state index contributed by atoms with van der Waals surface area (Å²) >= 11 is 11.4. The fraction of sp³-hybridized carbons (Fsp3) is 0.400. The Morgan fingerprint density at radius 1 is 1.38 bits per heavy atom. The molecule has 0 nitrogen and oxygen atoms in total. The van der Waals surface area contributed by atoms with E-state index in [9.17, 15) is 4.39 Å². The first-order valence-electron chi connectivity index (χ1n) is 4.20. The quantitative estimate of drug-likeness (QED) is 0.638. The minimum absolute atomic E-state index is 0.0998. The Hall–Kier alpha value is -0.270. The maximum absolute atomic E-state index is 13.4. The average molecular weight is 221 g/mol. The minimum atomic E-state index is -0.347. The molecule has 1 atom stereocenters. The maximum Gasteiger partial charge on any atom is 0.145 e. The molecule has 0 unspecified atom stereocenters. The third-order valence-electron chi connectivity index (χ3n) is 2.16. The molecule has 0 aromatic heterocycles. The highest BCUT2D eigenvalue weighted by Crippen LogP contribution is 2.30. The van der Waals surface area contributed by atoms with Crippen LogP contribution in [0.1, 0.15) is 31.7 Å². The number of hydrogen-bond donors (Lipinski definition) is 0. The summed E-state index contributed by atoms with van der Waals surface area (Å²) in [5.41, 5.74) is 0.597. The van der Waals surface area contributed by atoms with Gasteiger partial charge in [0.25, 0.3) is 0 Å². The fourth-order valence-corrected chi connectivity index (χ4v) is 1.66. The van der Waals surface area contributed by atoms with Crippen LogP contribution in [-0.4, -0.2) is 0 Å². The first-order chi connectivity index (χ1) is 6.06. The molecule has 0 bridgehead atoms. The summed E-state index contributed by atoms with van der Waals surface area (Å²) in [5.74, 6) is -0.198. The lowest BCUT2D eigenvalue weighted by Crippen LogP contribution is -1.96. The second kappa shape index (κ2) is 4.30. The van der Waals surface area contributed by atoms with Crippen LogP contribution in [0.4, 0.5) is 4.39 Å². The van der Waals surface area contributed by atoms with Gasteiger partial charge in [0.2, 0.25) is 0 Å². The van der Waals surface area contributed by atoms with E-state index in [2.05, 4.69) is 0 Å². The van der Waals surface area contributed by atoms with Crippen molar-refractivity contribution in [2.75, 3.05) is 0 Å². The highest BCUT2D eigenvalue weighted by atomic mass is 35.5. The molecular formula is C10H11Cl2F. The van der Waals surface area contributed by atoms with Gasteiger partial charge in [0.15, 0.2) is 0 Å². The van der Waals surface area contributed by atoms with Gasteiger partial charge in [0.1, 0.15) is 5.82 Å². The van der Waals surface area contributed by atoms with Crippen LogP contribution in [0.15, 0.2) is 12.1 Å². The molecule has 0 fully saturated rings. The van der Waals surface area contributed by atoms with Crippen molar-refractivity contribution in [2.45, 2.75) is 26.2 Å². The van der Waals surface area contributed by atoms with E-state index in [-0.39, 0.29) is 16.8 Å². The van der Waals surface area contributed by atoms with Crippen LogP contribution < -0.4 is 0 Å². The van der Waals surface area contributed by atoms with Gasteiger partial charge < -0.3 is 0 Å². The molecule has 0 spiro atoms. The molecule has 13 heavy (non-hydrogen) atoms. The maximum atomic E-state index is 13.4. The van der Waals surface area contributed by atoms with Crippen molar-refractivity contribution >= 4 is 23.2 Å². The monoisotopic (exact) mass is 220 g/mol. The molecule has 72 valence electrons. The lowest BCUT2D eigenvalue weighted by atomic mass is 9.98. The van der Waals surface area contributed by atoms with Crippen LogP contribution in [0.2, 0.25) is 10.0 Å². The van der Waals surface area contributed by atoms with Crippen molar-refractivity contribution in [3.05, 3.63) is 33.6 Å². The zero-order valence-electron chi connectivity index (χ0n) is 7.57. The Balaban J connectivity index is 3.20. The van der Waals surface area contributed by atoms with Gasteiger partial charge in [-0.25, -0.2) is 4.39 Å². The molecule has 0 aliphatic heterocycles. The molecule has 0 aliphatic carbocycles. The molecule has 0 N–H and O–H groups in total. The normalized spacial score (nSPS) is 13.0. The number of rotatable bonds is 2. The van der Waals surface area contributed by atoms with Gasteiger partial charge in [-0.1, -0.05) is 37.0 Å². The van der Waals surface area contributed by atoms with Gasteiger partial charge in [-0.15, -0.1) is 0 Å². The van der Waals surface area contributed by atoms with Gasteiger partial charge in [-0.05, 0) is 30.0 Å². The van der Waals surface area contributed by atoms with Gasteiger partial charge in [0, 0.05) is 5.02 Å². The van der Waals surface area contributed by atoms with Crippen molar-refractivity contribution in [1.82, 2.24) is 0 Å². The van der Waals surface area contributed by atoms with Crippen molar-refractivity contribution in [2.24, 2.45) is 0 Å². The number of benzene rings is 1. The smallest absolute Gasteiger partial charge is 0.145 e. The van der Waals surface area contributed by atoms with Crippen LogP contribution in [0, 0.1) is 5.82 Å². The Kier molecular flexibility index (Phi) is 3.57. The Morgan fingerprint density at radius 3 is 2.54 bits per heavy atom. The molecule has 1 rings (SSSR count). The molecule has 0 saturated carbocycles. The summed E-state index contributed by atoms with van der Waals surface area (Å²) in [5, 5.41) is 0.588. The number of halogens is 3. The van der Waals surface area contributed by atoms with E-state index in [1.165, 1.54) is 6.07 Å². The molecule has 1 aromatic carbocycles. The first-order valence-corrected chi connectivity index (χ1v) is 4.96. The summed E-state index contributed by atoms with van der Waals surface area (Å²) in [4.78, 5) is 0. The van der Waals surface area contributed by atoms with E-state index in [1.54, 1.807) is 6.07 Å². The van der Waals surface area contributed by atoms with Crippen LogP contribution >= 0.6 is 23.2 Å². The van der Waals surface area contributed by atoms with Crippen LogP contribution in [0.5, 0.6) is 0 Å². The van der Waals surface area contributed by atoms with Crippen molar-refractivity contribution in [1.29, 1.82) is 0 Å². The van der Waals surface area contributed by atoms with E-state index in [0.29, 0.717) is 10.6 Å². The van der Waals surface area contributed by atoms with Crippen molar-refractivity contribution < 1.29 is 4.39 Å². The average Bonchev–Trinajstić information content (AvgIpc) is 2.10. The summed E-state index contributed by atoms with van der Waals surface area (Å²) in [6, 6.07) is 3.06. The summed E-state index contributed by atoms with van der Waals surface area (Å²) < 4.78 is 13.4. The third kappa shape index (κ3) is 2.35. The minimum Gasteiger partial charge on any atom is -0.205 e. The summed E-state index contributed by atoms with van der Waals surface area (Å²) in [7, 11) is 0. The number of hydrogen-bond acceptors (Lipinski definition) is 0. The molecule has 0 radical (unpaired) electrons. The molecule has 3 heteroatoms. The van der Waals surface area contributed by atoms with E-state index < -0.39 is 0 Å². The lowest BCUT2D eigenvalue weighted by Gasteiger charge is -2.11. The molecule has 0 saturated heterocycles. The summed E-state index contributed by atoms with van der Waals surface area (Å²) in [6.45, 7) is 3.95. The molecule has 0 amide bonds. The van der Waals surface area contributed by atoms with Gasteiger partial charge in [0.05, 0.1) is 5.02 Å². The van der Waals surface area contributed by atoms with E-state index in [1.807, 2.05) is 13.8 Å². The van der Waals surface area contributed by atoms with Crippen molar-refractivity contribution in [3.63, 3.8) is 0 Å². The topological polar surface area (TPSA) is 0 Å². The molecule has 1 aromatic rings. The second-order valence-corrected chi connectivity index (χ2v) is 3.94. The largest absolute Gasteiger partial charge is 0.205 e. The van der Waals surface area contributed by atoms with Crippen LogP contribution in [-0.2, 0) is 0 Å². The second-order valence-electron chi connectivity index (χ2n) is 3.10. The van der Waals surface area contributed by atoms with E-state index in [4.69, 9.17) is 23.2 Å². The zero-order chi connectivity index (χ0) is 10.0. The predicted octanol–water partition coefficient (Wildman–Crippen LogP) is 4.65. The fourth-order valence-electron chi connectivity index (χ4n) is 1.15. The summed E-state index contributed by atoms with van der Waals surface area (Å²) in [6.07, 6.45) is 0.869. The van der Waals surface area contributed by atoms with E-state index >= 15 is 0 Å². The SMILES string of the molecule is CC[C@H](C)c1cc(Cl)cc(Cl)c1F. The van der Waals surface area contributed by atoms with Crippen LogP contribution in [0.25, 0.3) is 0 Å². The zero-order valence-corrected chi connectivity index (χ0v) is 9.08. The Morgan fingerprint density at radius 2 is 2.00 bits per heavy atom. The van der Waals surface area contributed by atoms with Crippen LogP contribution in [0.3, 0.4) is 0 Å². The standard InChI is InChI=1S/C10H11Cl2F/c1-3-6(2)8-4-7(11)5-9(12)10(8)13/h4-6H,3H2,1-2H3/t6-/m0/s1. The van der Waals surface area contributed by atoms with Crippen molar-refractivity contribution in [3.8, 4) is 0 Å². The third-order valence-corrected chi connectivity index (χ3v) is 2.66. The highest BCUT2D eigenvalue weighted by Gasteiger charge is 2.13. The Bertz CT molecular complexity index is 310. The van der Waals surface area contributed by atoms with E-state index in [0.717, 1.165) is 6.42 Å². The van der Waals surface area contributed by atoms with Gasteiger partial charge in [-0.2, -0.15) is 0 Å². The Labute approximate surface area is 87.7 Å². The molecule has 0 aliphatic rings. The molecule has 0 heterocycles. The first kappa shape index (κ1) is 10.8. The van der Waals surface area contributed by atoms with Gasteiger partial charge in [-0.3, -0.25) is 0 Å². The highest BCUT2D eigenvalue weighted by molar-refractivity contribution is 6.34. The predicted molar refractivity (Wildman–Crippen MR) is 55.1 cm³/mol. The molecular weight excluding hydrogens is 210 g/mol. The van der Waals surface area contributed by atoms with Gasteiger partial charge >= 0.3 is 0 Å².